The van der Waals surface area contributed by atoms with E-state index in [2.05, 4.69) is 4.99 Å². The zero-order valence-electron chi connectivity index (χ0n) is 18.2. The van der Waals surface area contributed by atoms with Crippen molar-refractivity contribution in [2.45, 2.75) is 26.8 Å². The van der Waals surface area contributed by atoms with E-state index in [0.717, 1.165) is 16.9 Å². The molecule has 6 nitrogen and oxygen atoms in total. The Bertz CT molecular complexity index is 1340. The average Bonchev–Trinajstić information content (AvgIpc) is 3.09. The van der Waals surface area contributed by atoms with Crippen LogP contribution in [0.5, 0.6) is 5.75 Å². The van der Waals surface area contributed by atoms with Crippen LogP contribution in [0, 0.1) is 0 Å². The third kappa shape index (κ3) is 4.16. The van der Waals surface area contributed by atoms with Gasteiger partial charge in [0.05, 0.1) is 35.1 Å². The Kier molecular flexibility index (Phi) is 6.37. The summed E-state index contributed by atoms with van der Waals surface area (Å²) in [5.41, 5.74) is 2.48. The highest BCUT2D eigenvalue weighted by Gasteiger charge is 2.33. The molecule has 0 spiro atoms. The van der Waals surface area contributed by atoms with Crippen molar-refractivity contribution in [3.63, 3.8) is 0 Å². The Morgan fingerprint density at radius 2 is 1.81 bits per heavy atom. The Labute approximate surface area is 189 Å². The summed E-state index contributed by atoms with van der Waals surface area (Å²) in [4.78, 5) is 31.5. The first-order valence-electron chi connectivity index (χ1n) is 10.5. The molecule has 0 amide bonds. The molecule has 1 aromatic heterocycles. The van der Waals surface area contributed by atoms with Crippen LogP contribution in [0.25, 0.3) is 6.08 Å². The van der Waals surface area contributed by atoms with Gasteiger partial charge in [0.25, 0.3) is 5.56 Å². The van der Waals surface area contributed by atoms with E-state index in [1.807, 2.05) is 67.6 Å². The molecular formula is C25H24N2O4S. The maximum absolute atomic E-state index is 13.5. The molecule has 3 aromatic rings. The first-order chi connectivity index (χ1) is 15.5. The van der Waals surface area contributed by atoms with Crippen LogP contribution in [0.1, 0.15) is 37.9 Å². The first-order valence-corrected chi connectivity index (χ1v) is 11.3. The Balaban J connectivity index is 1.87. The minimum Gasteiger partial charge on any atom is -0.494 e. The average molecular weight is 449 g/mol. The fraction of sp³-hybridized carbons (Fsp3) is 0.240. The summed E-state index contributed by atoms with van der Waals surface area (Å²) < 4.78 is 12.9. The maximum atomic E-state index is 13.5. The van der Waals surface area contributed by atoms with Gasteiger partial charge in [-0.2, -0.15) is 0 Å². The molecule has 0 fully saturated rings. The molecular weight excluding hydrogens is 424 g/mol. The van der Waals surface area contributed by atoms with Crippen molar-refractivity contribution in [1.29, 1.82) is 0 Å². The molecule has 2 heterocycles. The van der Waals surface area contributed by atoms with E-state index in [-0.39, 0.29) is 12.2 Å². The van der Waals surface area contributed by atoms with Crippen LogP contribution in [0.3, 0.4) is 0 Å². The third-order valence-corrected chi connectivity index (χ3v) is 6.10. The lowest BCUT2D eigenvalue weighted by Crippen LogP contribution is -2.39. The smallest absolute Gasteiger partial charge is 0.338 e. The van der Waals surface area contributed by atoms with E-state index in [1.54, 1.807) is 18.4 Å². The number of hydrogen-bond donors (Lipinski definition) is 0. The molecule has 0 N–H and O–H groups in total. The summed E-state index contributed by atoms with van der Waals surface area (Å²) in [5, 5.41) is 0. The van der Waals surface area contributed by atoms with Crippen molar-refractivity contribution in [2.75, 3.05) is 13.2 Å². The van der Waals surface area contributed by atoms with Crippen molar-refractivity contribution < 1.29 is 14.3 Å². The number of esters is 1. The standard InChI is InChI=1S/C25H24N2O4S/c1-4-30-19-13-11-17(12-14-19)15-20-23(28)27-22(18-9-7-6-8-10-18)21(24(29)31-5-2)16(3)26-25(27)32-20/h6-15,22H,4-5H2,1-3H3/b20-15-/t22-/m1/s1. The van der Waals surface area contributed by atoms with Gasteiger partial charge in [0.2, 0.25) is 0 Å². The summed E-state index contributed by atoms with van der Waals surface area (Å²) in [6.07, 6.45) is 1.84. The van der Waals surface area contributed by atoms with Crippen molar-refractivity contribution in [1.82, 2.24) is 4.57 Å². The second-order valence-electron chi connectivity index (χ2n) is 7.22. The number of aromatic nitrogens is 1. The van der Waals surface area contributed by atoms with Crippen LogP contribution < -0.4 is 19.6 Å². The van der Waals surface area contributed by atoms with Crippen molar-refractivity contribution >= 4 is 23.4 Å². The number of allylic oxidation sites excluding steroid dienone is 1. The number of ether oxygens (including phenoxy) is 2. The number of carbonyl (C=O) groups excluding carboxylic acids is 1. The van der Waals surface area contributed by atoms with Gasteiger partial charge in [-0.15, -0.1) is 0 Å². The van der Waals surface area contributed by atoms with Crippen LogP contribution in [0.15, 0.2) is 75.7 Å². The van der Waals surface area contributed by atoms with Crippen LogP contribution >= 0.6 is 11.3 Å². The predicted octanol–water partition coefficient (Wildman–Crippen LogP) is 3.20. The fourth-order valence-electron chi connectivity index (χ4n) is 3.72. The number of thiazole rings is 1. The summed E-state index contributed by atoms with van der Waals surface area (Å²) >= 11 is 1.31. The molecule has 0 bridgehead atoms. The minimum atomic E-state index is -0.589. The van der Waals surface area contributed by atoms with E-state index >= 15 is 0 Å². The lowest BCUT2D eigenvalue weighted by molar-refractivity contribution is -0.139. The second kappa shape index (κ2) is 9.36. The molecule has 0 radical (unpaired) electrons. The van der Waals surface area contributed by atoms with Gasteiger partial charge in [-0.1, -0.05) is 53.8 Å². The zero-order valence-corrected chi connectivity index (χ0v) is 19.0. The van der Waals surface area contributed by atoms with Crippen molar-refractivity contribution in [3.05, 3.63) is 96.7 Å². The van der Waals surface area contributed by atoms with Gasteiger partial charge in [0.1, 0.15) is 5.75 Å². The van der Waals surface area contributed by atoms with E-state index in [9.17, 15) is 9.59 Å². The highest BCUT2D eigenvalue weighted by atomic mass is 32.1. The molecule has 0 unspecified atom stereocenters. The molecule has 32 heavy (non-hydrogen) atoms. The highest BCUT2D eigenvalue weighted by molar-refractivity contribution is 7.07. The minimum absolute atomic E-state index is 0.189. The molecule has 0 aliphatic carbocycles. The Morgan fingerprint density at radius 1 is 1.09 bits per heavy atom. The Hall–Kier alpha value is -3.45. The topological polar surface area (TPSA) is 69.9 Å². The SMILES string of the molecule is CCOC(=O)C1=C(C)N=c2s/c(=C\c3ccc(OCC)cc3)c(=O)n2[C@@H]1c1ccccc1. The summed E-state index contributed by atoms with van der Waals surface area (Å²) in [6.45, 7) is 6.33. The number of hydrogen-bond acceptors (Lipinski definition) is 6. The van der Waals surface area contributed by atoms with Crippen molar-refractivity contribution in [3.8, 4) is 5.75 Å². The molecule has 1 atom stereocenters. The molecule has 7 heteroatoms. The van der Waals surface area contributed by atoms with E-state index < -0.39 is 12.0 Å². The van der Waals surface area contributed by atoms with Crippen LogP contribution in [-0.4, -0.2) is 23.8 Å². The molecule has 164 valence electrons. The first kappa shape index (κ1) is 21.8. The zero-order chi connectivity index (χ0) is 22.7. The fourth-order valence-corrected chi connectivity index (χ4v) is 4.77. The number of rotatable bonds is 6. The van der Waals surface area contributed by atoms with Gasteiger partial charge in [-0.05, 0) is 50.1 Å². The van der Waals surface area contributed by atoms with Crippen LogP contribution in [-0.2, 0) is 9.53 Å². The van der Waals surface area contributed by atoms with Crippen LogP contribution in [0.2, 0.25) is 0 Å². The lowest BCUT2D eigenvalue weighted by atomic mass is 9.96. The maximum Gasteiger partial charge on any atom is 0.338 e. The molecule has 0 saturated heterocycles. The van der Waals surface area contributed by atoms with E-state index in [0.29, 0.717) is 27.2 Å². The van der Waals surface area contributed by atoms with E-state index in [1.165, 1.54) is 11.3 Å². The molecule has 2 aromatic carbocycles. The normalized spacial score (nSPS) is 15.8. The summed E-state index contributed by atoms with van der Waals surface area (Å²) in [5.74, 6) is 0.327. The largest absolute Gasteiger partial charge is 0.494 e. The molecule has 1 aliphatic rings. The lowest BCUT2D eigenvalue weighted by Gasteiger charge is -2.24. The number of nitrogens with zero attached hydrogens (tertiary/aromatic N) is 2. The highest BCUT2D eigenvalue weighted by Crippen LogP contribution is 2.30. The molecule has 4 rings (SSSR count). The molecule has 1 aliphatic heterocycles. The third-order valence-electron chi connectivity index (χ3n) is 5.12. The quantitative estimate of drug-likeness (QED) is 0.543. The summed E-state index contributed by atoms with van der Waals surface area (Å²) in [7, 11) is 0. The van der Waals surface area contributed by atoms with E-state index in [4.69, 9.17) is 9.47 Å². The van der Waals surface area contributed by atoms with Gasteiger partial charge in [-0.25, -0.2) is 9.79 Å². The number of fused-ring (bicyclic) bond motifs is 1. The summed E-state index contributed by atoms with van der Waals surface area (Å²) in [6, 6.07) is 16.5. The Morgan fingerprint density at radius 3 is 2.47 bits per heavy atom. The van der Waals surface area contributed by atoms with Crippen molar-refractivity contribution in [2.24, 2.45) is 4.99 Å². The van der Waals surface area contributed by atoms with Gasteiger partial charge in [0, 0.05) is 0 Å². The van der Waals surface area contributed by atoms with Gasteiger partial charge in [0.15, 0.2) is 4.80 Å². The number of carbonyl (C=O) groups is 1. The number of benzene rings is 2. The van der Waals surface area contributed by atoms with Crippen LogP contribution in [0.4, 0.5) is 0 Å². The predicted molar refractivity (Wildman–Crippen MR) is 124 cm³/mol. The van der Waals surface area contributed by atoms with Gasteiger partial charge < -0.3 is 9.47 Å². The van der Waals surface area contributed by atoms with Gasteiger partial charge in [-0.3, -0.25) is 9.36 Å². The van der Waals surface area contributed by atoms with Gasteiger partial charge >= 0.3 is 5.97 Å². The molecule has 0 saturated carbocycles. The second-order valence-corrected chi connectivity index (χ2v) is 8.22. The monoisotopic (exact) mass is 448 g/mol.